The van der Waals surface area contributed by atoms with Gasteiger partial charge in [0.25, 0.3) is 0 Å². The molecule has 5 nitrogen and oxygen atoms in total. The number of azide groups is 1. The van der Waals surface area contributed by atoms with Crippen molar-refractivity contribution in [2.75, 3.05) is 6.61 Å². The Morgan fingerprint density at radius 2 is 2.04 bits per heavy atom. The number of esters is 1. The standard InChI is InChI=1S/C17H17N3O2S/c1-2-22-17(21)16(19-20-18)12-15-11-10-14(23-15)9-8-13-6-4-3-5-7-13/h3-7,10-12H,2,8-9H2,1H3/b16-12-. The second-order valence-electron chi connectivity index (χ2n) is 4.73. The molecule has 1 aromatic carbocycles. The highest BCUT2D eigenvalue weighted by molar-refractivity contribution is 7.12. The van der Waals surface area contributed by atoms with Crippen LogP contribution in [0.25, 0.3) is 16.5 Å². The van der Waals surface area contributed by atoms with Crippen LogP contribution in [0.5, 0.6) is 0 Å². The monoisotopic (exact) mass is 327 g/mol. The maximum absolute atomic E-state index is 11.7. The molecule has 23 heavy (non-hydrogen) atoms. The predicted molar refractivity (Wildman–Crippen MR) is 91.9 cm³/mol. The summed E-state index contributed by atoms with van der Waals surface area (Å²) in [6, 6.07) is 14.2. The first-order valence-electron chi connectivity index (χ1n) is 7.29. The van der Waals surface area contributed by atoms with Crippen molar-refractivity contribution in [1.82, 2.24) is 0 Å². The van der Waals surface area contributed by atoms with Crippen molar-refractivity contribution >= 4 is 23.4 Å². The Bertz CT molecular complexity index is 731. The van der Waals surface area contributed by atoms with E-state index >= 15 is 0 Å². The molecule has 1 aromatic heterocycles. The molecule has 0 amide bonds. The van der Waals surface area contributed by atoms with Gasteiger partial charge < -0.3 is 4.74 Å². The van der Waals surface area contributed by atoms with Gasteiger partial charge in [-0.05, 0) is 49.1 Å². The fourth-order valence-corrected chi connectivity index (χ4v) is 2.98. The average molecular weight is 327 g/mol. The second kappa shape index (κ2) is 8.78. The summed E-state index contributed by atoms with van der Waals surface area (Å²) in [5.41, 5.74) is 9.83. The van der Waals surface area contributed by atoms with E-state index in [1.807, 2.05) is 30.3 Å². The number of carbonyl (C=O) groups excluding carboxylic acids is 1. The third-order valence-electron chi connectivity index (χ3n) is 3.10. The number of ether oxygens (including phenoxy) is 1. The maximum Gasteiger partial charge on any atom is 0.340 e. The zero-order valence-electron chi connectivity index (χ0n) is 12.8. The zero-order valence-corrected chi connectivity index (χ0v) is 13.6. The molecule has 0 unspecified atom stereocenters. The summed E-state index contributed by atoms with van der Waals surface area (Å²) in [5.74, 6) is -0.607. The van der Waals surface area contributed by atoms with E-state index in [-0.39, 0.29) is 12.3 Å². The molecule has 0 spiro atoms. The van der Waals surface area contributed by atoms with Crippen LogP contribution in [0.3, 0.4) is 0 Å². The van der Waals surface area contributed by atoms with Gasteiger partial charge in [0.05, 0.1) is 6.61 Å². The summed E-state index contributed by atoms with van der Waals surface area (Å²) < 4.78 is 4.87. The largest absolute Gasteiger partial charge is 0.462 e. The van der Waals surface area contributed by atoms with Gasteiger partial charge in [0.15, 0.2) is 0 Å². The quantitative estimate of drug-likeness (QED) is 0.242. The smallest absolute Gasteiger partial charge is 0.340 e. The molecule has 0 aliphatic rings. The Morgan fingerprint density at radius 1 is 1.26 bits per heavy atom. The van der Waals surface area contributed by atoms with Crippen molar-refractivity contribution in [3.8, 4) is 0 Å². The molecule has 1 heterocycles. The summed E-state index contributed by atoms with van der Waals surface area (Å²) in [6.45, 7) is 1.95. The van der Waals surface area contributed by atoms with E-state index in [1.54, 1.807) is 24.3 Å². The number of nitrogens with zero attached hydrogens (tertiary/aromatic N) is 3. The summed E-state index contributed by atoms with van der Waals surface area (Å²) in [6.07, 6.45) is 3.46. The van der Waals surface area contributed by atoms with Crippen LogP contribution in [0.15, 0.2) is 53.3 Å². The summed E-state index contributed by atoms with van der Waals surface area (Å²) in [5, 5.41) is 3.41. The minimum absolute atomic E-state index is 0.0224. The van der Waals surface area contributed by atoms with Crippen LogP contribution in [0.2, 0.25) is 0 Å². The van der Waals surface area contributed by atoms with Crippen molar-refractivity contribution < 1.29 is 9.53 Å². The third-order valence-corrected chi connectivity index (χ3v) is 4.19. The zero-order chi connectivity index (χ0) is 16.5. The molecule has 0 bridgehead atoms. The normalized spacial score (nSPS) is 10.9. The van der Waals surface area contributed by atoms with Crippen LogP contribution in [0, 0.1) is 0 Å². The van der Waals surface area contributed by atoms with Crippen LogP contribution in [0.4, 0.5) is 0 Å². The van der Waals surface area contributed by atoms with E-state index in [0.29, 0.717) is 0 Å². The van der Waals surface area contributed by atoms with E-state index < -0.39 is 5.97 Å². The minimum atomic E-state index is -0.607. The maximum atomic E-state index is 11.7. The first-order chi connectivity index (χ1) is 11.2. The molecule has 2 rings (SSSR count). The highest BCUT2D eigenvalue weighted by Gasteiger charge is 2.09. The van der Waals surface area contributed by atoms with E-state index in [4.69, 9.17) is 10.3 Å². The molecule has 6 heteroatoms. The highest BCUT2D eigenvalue weighted by atomic mass is 32.1. The Morgan fingerprint density at radius 3 is 2.74 bits per heavy atom. The lowest BCUT2D eigenvalue weighted by Gasteiger charge is -2.00. The summed E-state index contributed by atoms with van der Waals surface area (Å²) >= 11 is 1.57. The Balaban J connectivity index is 2.06. The van der Waals surface area contributed by atoms with Crippen LogP contribution in [0.1, 0.15) is 22.2 Å². The molecular formula is C17H17N3O2S. The van der Waals surface area contributed by atoms with E-state index in [2.05, 4.69) is 22.2 Å². The summed E-state index contributed by atoms with van der Waals surface area (Å²) in [7, 11) is 0. The molecule has 0 fully saturated rings. The second-order valence-corrected chi connectivity index (χ2v) is 5.93. The van der Waals surface area contributed by atoms with Crippen molar-refractivity contribution in [3.05, 3.63) is 73.9 Å². The lowest BCUT2D eigenvalue weighted by molar-refractivity contribution is -0.138. The minimum Gasteiger partial charge on any atom is -0.462 e. The van der Waals surface area contributed by atoms with Crippen LogP contribution < -0.4 is 0 Å². The Labute approximate surface area is 138 Å². The van der Waals surface area contributed by atoms with Crippen LogP contribution in [-0.4, -0.2) is 12.6 Å². The molecule has 0 saturated heterocycles. The highest BCUT2D eigenvalue weighted by Crippen LogP contribution is 2.22. The van der Waals surface area contributed by atoms with Gasteiger partial charge in [-0.3, -0.25) is 0 Å². The fraction of sp³-hybridized carbons (Fsp3) is 0.235. The fourth-order valence-electron chi connectivity index (χ4n) is 2.04. The first kappa shape index (κ1) is 16.8. The van der Waals surface area contributed by atoms with Crippen molar-refractivity contribution in [2.45, 2.75) is 19.8 Å². The van der Waals surface area contributed by atoms with E-state index in [0.717, 1.165) is 17.7 Å². The molecular weight excluding hydrogens is 310 g/mol. The van der Waals surface area contributed by atoms with Gasteiger partial charge in [-0.25, -0.2) is 4.79 Å². The van der Waals surface area contributed by atoms with Crippen molar-refractivity contribution in [3.63, 3.8) is 0 Å². The van der Waals surface area contributed by atoms with E-state index in [1.165, 1.54) is 10.4 Å². The van der Waals surface area contributed by atoms with Gasteiger partial charge in [0.2, 0.25) is 0 Å². The third kappa shape index (κ3) is 5.29. The Hall–Kier alpha value is -2.56. The number of hydrogen-bond donors (Lipinski definition) is 0. The average Bonchev–Trinajstić information content (AvgIpc) is 3.01. The molecule has 0 atom stereocenters. The van der Waals surface area contributed by atoms with Crippen LogP contribution in [-0.2, 0) is 22.4 Å². The Kier molecular flexibility index (Phi) is 6.41. The van der Waals surface area contributed by atoms with Crippen molar-refractivity contribution in [2.24, 2.45) is 5.11 Å². The molecule has 0 aliphatic carbocycles. The van der Waals surface area contributed by atoms with Gasteiger partial charge in [0.1, 0.15) is 5.70 Å². The molecule has 0 saturated carbocycles. The first-order valence-corrected chi connectivity index (χ1v) is 8.11. The van der Waals surface area contributed by atoms with Gasteiger partial charge in [-0.15, -0.1) is 11.3 Å². The van der Waals surface area contributed by atoms with Gasteiger partial charge in [-0.2, -0.15) is 0 Å². The molecule has 0 N–H and O–H groups in total. The van der Waals surface area contributed by atoms with E-state index in [9.17, 15) is 4.79 Å². The summed E-state index contributed by atoms with van der Waals surface area (Å²) in [4.78, 5) is 16.5. The molecule has 0 radical (unpaired) electrons. The number of hydrogen-bond acceptors (Lipinski definition) is 4. The number of carbonyl (C=O) groups is 1. The van der Waals surface area contributed by atoms with Gasteiger partial charge in [0, 0.05) is 14.7 Å². The topological polar surface area (TPSA) is 75.1 Å². The number of thiophene rings is 1. The number of aryl methyl sites for hydroxylation is 2. The molecule has 0 aliphatic heterocycles. The lowest BCUT2D eigenvalue weighted by atomic mass is 10.1. The van der Waals surface area contributed by atoms with Gasteiger partial charge >= 0.3 is 5.97 Å². The van der Waals surface area contributed by atoms with Crippen molar-refractivity contribution in [1.29, 1.82) is 0 Å². The molecule has 118 valence electrons. The number of benzene rings is 1. The molecule has 2 aromatic rings. The van der Waals surface area contributed by atoms with Gasteiger partial charge in [-0.1, -0.05) is 35.4 Å². The lowest BCUT2D eigenvalue weighted by Crippen LogP contribution is -2.05. The SMILES string of the molecule is CCOC(=O)/C(=C/c1ccc(CCc2ccccc2)s1)N=[N+]=[N-]. The predicted octanol–water partition coefficient (Wildman–Crippen LogP) is 4.75. The van der Waals surface area contributed by atoms with Crippen LogP contribution >= 0.6 is 11.3 Å². The number of rotatable bonds is 7.